The van der Waals surface area contributed by atoms with Gasteiger partial charge >= 0.3 is 0 Å². The Bertz CT molecular complexity index is 281. The Hall–Kier alpha value is 0.300. The molecule has 0 aliphatic heterocycles. The largest absolute Gasteiger partial charge is 0.260 e. The molecule has 1 N–H and O–H groups in total. The molecular formula is C9H11BrClNS. The van der Waals surface area contributed by atoms with Gasteiger partial charge < -0.3 is 0 Å². The van der Waals surface area contributed by atoms with Crippen LogP contribution in [0.25, 0.3) is 0 Å². The lowest BCUT2D eigenvalue weighted by Gasteiger charge is -2.05. The van der Waals surface area contributed by atoms with Crippen LogP contribution in [0.4, 0.5) is 0 Å². The van der Waals surface area contributed by atoms with Crippen LogP contribution in [0, 0.1) is 6.92 Å². The maximum Gasteiger partial charge on any atom is 0.0458 e. The molecule has 0 amide bonds. The fourth-order valence-electron chi connectivity index (χ4n) is 0.836. The van der Waals surface area contributed by atoms with Gasteiger partial charge in [0.2, 0.25) is 0 Å². The summed E-state index contributed by atoms with van der Waals surface area (Å²) in [6.45, 7) is 5.00. The van der Waals surface area contributed by atoms with Crippen LogP contribution in [-0.4, -0.2) is 6.54 Å². The normalized spacial score (nSPS) is 10.5. The summed E-state index contributed by atoms with van der Waals surface area (Å²) in [5, 5.41) is 0.801. The molecule has 1 aromatic carbocycles. The fourth-order valence-corrected chi connectivity index (χ4v) is 2.51. The standard InChI is InChI=1S/C9H11BrClNS/c1-3-12-13-7-4-8(10)6(2)9(11)5-7/h4-5,12H,3H2,1-2H3. The number of benzene rings is 1. The second-order valence-electron chi connectivity index (χ2n) is 2.61. The lowest BCUT2D eigenvalue weighted by molar-refractivity contribution is 1.03. The maximum atomic E-state index is 6.03. The van der Waals surface area contributed by atoms with Crippen molar-refractivity contribution >= 4 is 39.5 Å². The molecule has 0 unspecified atom stereocenters. The molecule has 0 aliphatic rings. The minimum Gasteiger partial charge on any atom is -0.260 e. The lowest BCUT2D eigenvalue weighted by atomic mass is 10.2. The van der Waals surface area contributed by atoms with Crippen molar-refractivity contribution in [2.75, 3.05) is 6.54 Å². The first-order valence-electron chi connectivity index (χ1n) is 4.00. The van der Waals surface area contributed by atoms with E-state index in [1.165, 1.54) is 0 Å². The smallest absolute Gasteiger partial charge is 0.0458 e. The predicted molar refractivity (Wildman–Crippen MR) is 63.4 cm³/mol. The molecule has 0 saturated carbocycles. The quantitative estimate of drug-likeness (QED) is 0.839. The van der Waals surface area contributed by atoms with E-state index in [2.05, 4.69) is 33.6 Å². The highest BCUT2D eigenvalue weighted by Gasteiger charge is 2.03. The Morgan fingerprint density at radius 2 is 2.23 bits per heavy atom. The number of rotatable bonds is 3. The molecule has 13 heavy (non-hydrogen) atoms. The summed E-state index contributed by atoms with van der Waals surface area (Å²) >= 11 is 11.1. The van der Waals surface area contributed by atoms with Crippen LogP contribution in [0.2, 0.25) is 5.02 Å². The number of hydrogen-bond donors (Lipinski definition) is 1. The number of hydrogen-bond acceptors (Lipinski definition) is 2. The second-order valence-corrected chi connectivity index (χ2v) is 4.84. The molecule has 0 fully saturated rings. The Balaban J connectivity index is 2.86. The molecule has 1 aromatic rings. The van der Waals surface area contributed by atoms with Crippen LogP contribution in [0.3, 0.4) is 0 Å². The Labute approximate surface area is 96.5 Å². The first-order valence-corrected chi connectivity index (χ1v) is 5.99. The summed E-state index contributed by atoms with van der Waals surface area (Å²) in [5.74, 6) is 0. The van der Waals surface area contributed by atoms with E-state index in [1.807, 2.05) is 13.0 Å². The fraction of sp³-hybridized carbons (Fsp3) is 0.333. The molecule has 1 nitrogen and oxygen atoms in total. The van der Waals surface area contributed by atoms with E-state index >= 15 is 0 Å². The van der Waals surface area contributed by atoms with Crippen molar-refractivity contribution in [3.8, 4) is 0 Å². The number of nitrogens with one attached hydrogen (secondary N) is 1. The van der Waals surface area contributed by atoms with E-state index < -0.39 is 0 Å². The Morgan fingerprint density at radius 3 is 2.77 bits per heavy atom. The van der Waals surface area contributed by atoms with E-state index in [9.17, 15) is 0 Å². The first-order chi connectivity index (χ1) is 6.15. The topological polar surface area (TPSA) is 12.0 Å². The van der Waals surface area contributed by atoms with Gasteiger partial charge in [-0.2, -0.15) is 0 Å². The zero-order chi connectivity index (χ0) is 9.84. The summed E-state index contributed by atoms with van der Waals surface area (Å²) in [4.78, 5) is 1.13. The highest BCUT2D eigenvalue weighted by atomic mass is 79.9. The lowest BCUT2D eigenvalue weighted by Crippen LogP contribution is -2.00. The zero-order valence-electron chi connectivity index (χ0n) is 7.53. The molecule has 0 heterocycles. The van der Waals surface area contributed by atoms with Gasteiger partial charge in [0.1, 0.15) is 0 Å². The van der Waals surface area contributed by atoms with Crippen molar-refractivity contribution in [1.82, 2.24) is 4.72 Å². The van der Waals surface area contributed by atoms with Crippen molar-refractivity contribution in [3.63, 3.8) is 0 Å². The summed E-state index contributed by atoms with van der Waals surface area (Å²) in [6.07, 6.45) is 0. The molecule has 4 heteroatoms. The van der Waals surface area contributed by atoms with Gasteiger partial charge in [0.15, 0.2) is 0 Å². The van der Waals surface area contributed by atoms with Gasteiger partial charge in [0, 0.05) is 20.9 Å². The molecule has 0 saturated heterocycles. The van der Waals surface area contributed by atoms with Crippen LogP contribution < -0.4 is 4.72 Å². The highest BCUT2D eigenvalue weighted by Crippen LogP contribution is 2.29. The summed E-state index contributed by atoms with van der Waals surface area (Å²) in [6, 6.07) is 4.03. The van der Waals surface area contributed by atoms with Gasteiger partial charge in [-0.1, -0.05) is 34.5 Å². The van der Waals surface area contributed by atoms with E-state index in [-0.39, 0.29) is 0 Å². The van der Waals surface area contributed by atoms with Crippen molar-refractivity contribution in [3.05, 3.63) is 27.2 Å². The molecule has 0 aromatic heterocycles. The van der Waals surface area contributed by atoms with E-state index in [4.69, 9.17) is 11.6 Å². The molecular weight excluding hydrogens is 270 g/mol. The van der Waals surface area contributed by atoms with E-state index in [0.29, 0.717) is 0 Å². The monoisotopic (exact) mass is 279 g/mol. The van der Waals surface area contributed by atoms with Gasteiger partial charge in [-0.15, -0.1) is 0 Å². The van der Waals surface area contributed by atoms with Crippen molar-refractivity contribution in [2.45, 2.75) is 18.7 Å². The minimum absolute atomic E-state index is 0.801. The van der Waals surface area contributed by atoms with Crippen molar-refractivity contribution < 1.29 is 0 Å². The molecule has 0 bridgehead atoms. The van der Waals surface area contributed by atoms with E-state index in [1.54, 1.807) is 11.9 Å². The summed E-state index contributed by atoms with van der Waals surface area (Å²) < 4.78 is 4.23. The maximum absolute atomic E-state index is 6.03. The molecule has 0 spiro atoms. The van der Waals surface area contributed by atoms with Gasteiger partial charge in [-0.25, -0.2) is 0 Å². The Morgan fingerprint density at radius 1 is 1.54 bits per heavy atom. The average Bonchev–Trinajstić information content (AvgIpc) is 2.10. The van der Waals surface area contributed by atoms with Crippen LogP contribution >= 0.6 is 39.5 Å². The SMILES string of the molecule is CCNSc1cc(Cl)c(C)c(Br)c1. The second kappa shape index (κ2) is 5.25. The van der Waals surface area contributed by atoms with Crippen LogP contribution in [0.5, 0.6) is 0 Å². The third-order valence-electron chi connectivity index (χ3n) is 1.59. The predicted octanol–water partition coefficient (Wildman–Crippen LogP) is 4.03. The molecule has 0 radical (unpaired) electrons. The van der Waals surface area contributed by atoms with Crippen LogP contribution in [0.1, 0.15) is 12.5 Å². The van der Waals surface area contributed by atoms with Crippen molar-refractivity contribution in [2.24, 2.45) is 0 Å². The van der Waals surface area contributed by atoms with E-state index in [0.717, 1.165) is 26.5 Å². The third-order valence-corrected chi connectivity index (χ3v) is 3.71. The zero-order valence-corrected chi connectivity index (χ0v) is 10.7. The Kier molecular flexibility index (Phi) is 4.59. The molecule has 1 rings (SSSR count). The van der Waals surface area contributed by atoms with Gasteiger partial charge in [-0.3, -0.25) is 4.72 Å². The van der Waals surface area contributed by atoms with Crippen molar-refractivity contribution in [1.29, 1.82) is 0 Å². The highest BCUT2D eigenvalue weighted by molar-refractivity contribution is 9.10. The summed E-state index contributed by atoms with van der Waals surface area (Å²) in [7, 11) is 0. The molecule has 0 aliphatic carbocycles. The van der Waals surface area contributed by atoms with Gasteiger partial charge in [-0.05, 0) is 36.6 Å². The summed E-state index contributed by atoms with van der Waals surface area (Å²) in [5.41, 5.74) is 1.09. The minimum atomic E-state index is 0.801. The molecule has 72 valence electrons. The molecule has 0 atom stereocenters. The van der Waals surface area contributed by atoms with Gasteiger partial charge in [0.05, 0.1) is 0 Å². The first kappa shape index (κ1) is 11.4. The van der Waals surface area contributed by atoms with Crippen LogP contribution in [0.15, 0.2) is 21.5 Å². The third kappa shape index (κ3) is 3.17. The van der Waals surface area contributed by atoms with Gasteiger partial charge in [0.25, 0.3) is 0 Å². The average molecular weight is 281 g/mol. The number of halogens is 2. The van der Waals surface area contributed by atoms with Crippen LogP contribution in [-0.2, 0) is 0 Å².